The number of fused-ring (bicyclic) bond motifs is 1. The maximum Gasteiger partial charge on any atom is 0.335 e. The summed E-state index contributed by atoms with van der Waals surface area (Å²) in [4.78, 5) is 14.1. The highest BCUT2D eigenvalue weighted by Crippen LogP contribution is 2.33. The van der Waals surface area contributed by atoms with Crippen LogP contribution in [0.5, 0.6) is 5.75 Å². The van der Waals surface area contributed by atoms with E-state index in [1.807, 2.05) is 31.2 Å². The van der Waals surface area contributed by atoms with Crippen LogP contribution in [0, 0.1) is 5.82 Å². The minimum atomic E-state index is -0.592. The van der Waals surface area contributed by atoms with Gasteiger partial charge in [0, 0.05) is 38.4 Å². The Labute approximate surface area is 183 Å². The second-order valence-corrected chi connectivity index (χ2v) is 7.64. The van der Waals surface area contributed by atoms with Crippen molar-refractivity contribution < 1.29 is 23.4 Å². The van der Waals surface area contributed by atoms with Crippen LogP contribution < -0.4 is 15.0 Å². The average molecular weight is 431 g/mol. The van der Waals surface area contributed by atoms with Gasteiger partial charge in [-0.3, -0.25) is 0 Å². The molecule has 1 heterocycles. The number of nitrogens with one attached hydrogen (secondary N) is 1. The van der Waals surface area contributed by atoms with E-state index < -0.39 is 6.10 Å². The van der Waals surface area contributed by atoms with Gasteiger partial charge in [0.25, 0.3) is 0 Å². The normalized spacial score (nSPS) is 16.3. The summed E-state index contributed by atoms with van der Waals surface area (Å²) < 4.78 is 29.5. The van der Waals surface area contributed by atoms with E-state index in [1.54, 1.807) is 13.0 Å². The Kier molecular flexibility index (Phi) is 8.12. The number of methoxy groups -OCH3 is 1. The van der Waals surface area contributed by atoms with Crippen molar-refractivity contribution in [2.24, 2.45) is 0 Å². The Hall–Kier alpha value is -2.80. The number of carbonyl (C=O) groups is 1. The third-order valence-electron chi connectivity index (χ3n) is 5.21. The van der Waals surface area contributed by atoms with Gasteiger partial charge in [0.15, 0.2) is 6.10 Å². The summed E-state index contributed by atoms with van der Waals surface area (Å²) in [6.07, 6.45) is 0.844. The maximum atomic E-state index is 13.5. The molecule has 0 saturated heterocycles. The quantitative estimate of drug-likeness (QED) is 0.454. The Bertz CT molecular complexity index is 859. The number of esters is 1. The standard InChI is InChI=1S/C24H31FN2O4/c1-4-30-24(28)23(29-3)14-18-6-9-20(10-7-18)26-12-5-13-27-16-17(2)31-22-15-19(25)8-11-21(22)27/h6-11,15,17,23,26H,4-5,12-14,16H2,1-3H3. The van der Waals surface area contributed by atoms with Crippen molar-refractivity contribution in [1.82, 2.24) is 0 Å². The monoisotopic (exact) mass is 430 g/mol. The molecule has 0 spiro atoms. The Morgan fingerprint density at radius 3 is 2.77 bits per heavy atom. The Morgan fingerprint density at radius 2 is 2.06 bits per heavy atom. The number of anilines is 2. The largest absolute Gasteiger partial charge is 0.487 e. The summed E-state index contributed by atoms with van der Waals surface area (Å²) in [5.41, 5.74) is 2.97. The van der Waals surface area contributed by atoms with E-state index in [9.17, 15) is 9.18 Å². The lowest BCUT2D eigenvalue weighted by atomic mass is 10.1. The summed E-state index contributed by atoms with van der Waals surface area (Å²) in [7, 11) is 1.52. The third-order valence-corrected chi connectivity index (χ3v) is 5.21. The molecule has 7 heteroatoms. The van der Waals surface area contributed by atoms with Crippen molar-refractivity contribution in [2.45, 2.75) is 38.9 Å². The van der Waals surface area contributed by atoms with Crippen LogP contribution in [-0.4, -0.2) is 51.5 Å². The molecule has 2 aromatic rings. The first kappa shape index (κ1) is 22.9. The molecule has 0 radical (unpaired) electrons. The summed E-state index contributed by atoms with van der Waals surface area (Å²) in [5, 5.41) is 3.43. The van der Waals surface area contributed by atoms with Crippen LogP contribution in [-0.2, 0) is 20.7 Å². The van der Waals surface area contributed by atoms with Gasteiger partial charge in [-0.05, 0) is 50.1 Å². The van der Waals surface area contributed by atoms with E-state index in [1.165, 1.54) is 19.2 Å². The van der Waals surface area contributed by atoms with Gasteiger partial charge < -0.3 is 24.4 Å². The van der Waals surface area contributed by atoms with Gasteiger partial charge >= 0.3 is 5.97 Å². The van der Waals surface area contributed by atoms with Crippen molar-refractivity contribution in [3.05, 3.63) is 53.8 Å². The fourth-order valence-corrected chi connectivity index (χ4v) is 3.69. The number of carbonyl (C=O) groups excluding carboxylic acids is 1. The fourth-order valence-electron chi connectivity index (χ4n) is 3.69. The molecule has 31 heavy (non-hydrogen) atoms. The summed E-state index contributed by atoms with van der Waals surface area (Å²) in [6, 6.07) is 12.7. The van der Waals surface area contributed by atoms with E-state index in [4.69, 9.17) is 14.2 Å². The minimum Gasteiger partial charge on any atom is -0.487 e. The molecule has 2 atom stereocenters. The molecule has 3 rings (SSSR count). The third kappa shape index (κ3) is 6.34. The molecule has 0 amide bonds. The minimum absolute atomic E-state index is 0.0281. The molecule has 1 N–H and O–H groups in total. The molecule has 6 nitrogen and oxygen atoms in total. The number of benzene rings is 2. The Balaban J connectivity index is 1.47. The van der Waals surface area contributed by atoms with Crippen LogP contribution in [0.4, 0.5) is 15.8 Å². The van der Waals surface area contributed by atoms with Crippen molar-refractivity contribution >= 4 is 17.3 Å². The van der Waals surface area contributed by atoms with E-state index in [-0.39, 0.29) is 17.9 Å². The lowest BCUT2D eigenvalue weighted by Gasteiger charge is -2.35. The lowest BCUT2D eigenvalue weighted by molar-refractivity contribution is -0.154. The zero-order chi connectivity index (χ0) is 22.2. The number of halogens is 1. The van der Waals surface area contributed by atoms with Crippen molar-refractivity contribution in [3.63, 3.8) is 0 Å². The second-order valence-electron chi connectivity index (χ2n) is 7.64. The fraction of sp³-hybridized carbons (Fsp3) is 0.458. The van der Waals surface area contributed by atoms with Crippen LogP contribution in [0.1, 0.15) is 25.8 Å². The van der Waals surface area contributed by atoms with E-state index in [2.05, 4.69) is 10.2 Å². The highest BCUT2D eigenvalue weighted by molar-refractivity contribution is 5.75. The van der Waals surface area contributed by atoms with E-state index in [0.29, 0.717) is 18.8 Å². The molecule has 0 saturated carbocycles. The molecule has 2 aromatic carbocycles. The molecule has 0 bridgehead atoms. The number of ether oxygens (including phenoxy) is 3. The highest BCUT2D eigenvalue weighted by atomic mass is 19.1. The van der Waals surface area contributed by atoms with Crippen molar-refractivity contribution in [1.29, 1.82) is 0 Å². The smallest absolute Gasteiger partial charge is 0.335 e. The van der Waals surface area contributed by atoms with Crippen LogP contribution >= 0.6 is 0 Å². The number of nitrogens with zero attached hydrogens (tertiary/aromatic N) is 1. The second kappa shape index (κ2) is 11.0. The van der Waals surface area contributed by atoms with Crippen LogP contribution in [0.25, 0.3) is 0 Å². The summed E-state index contributed by atoms with van der Waals surface area (Å²) in [6.45, 7) is 6.57. The lowest BCUT2D eigenvalue weighted by Crippen LogP contribution is -2.39. The SMILES string of the molecule is CCOC(=O)C(Cc1ccc(NCCCN2CC(C)Oc3cc(F)ccc32)cc1)OC. The van der Waals surface area contributed by atoms with Crippen molar-refractivity contribution in [3.8, 4) is 5.75 Å². The molecule has 0 fully saturated rings. The molecule has 0 aliphatic carbocycles. The first-order valence-electron chi connectivity index (χ1n) is 10.7. The topological polar surface area (TPSA) is 60.0 Å². The Morgan fingerprint density at radius 1 is 1.29 bits per heavy atom. The molecule has 168 valence electrons. The van der Waals surface area contributed by atoms with Gasteiger partial charge in [0.2, 0.25) is 0 Å². The predicted molar refractivity (Wildman–Crippen MR) is 119 cm³/mol. The molecule has 1 aliphatic rings. The maximum absolute atomic E-state index is 13.5. The van der Waals surface area contributed by atoms with Crippen LogP contribution in [0.3, 0.4) is 0 Å². The van der Waals surface area contributed by atoms with E-state index in [0.717, 1.165) is 43.0 Å². The molecular weight excluding hydrogens is 399 g/mol. The van der Waals surface area contributed by atoms with Gasteiger partial charge in [-0.25, -0.2) is 9.18 Å². The summed E-state index contributed by atoms with van der Waals surface area (Å²) in [5.74, 6) is -0.00888. The first-order chi connectivity index (χ1) is 15.0. The van der Waals surface area contributed by atoms with Gasteiger partial charge in [0.1, 0.15) is 17.7 Å². The molecule has 1 aliphatic heterocycles. The zero-order valence-corrected chi connectivity index (χ0v) is 18.4. The van der Waals surface area contributed by atoms with Gasteiger partial charge in [-0.2, -0.15) is 0 Å². The first-order valence-corrected chi connectivity index (χ1v) is 10.7. The zero-order valence-electron chi connectivity index (χ0n) is 18.4. The average Bonchev–Trinajstić information content (AvgIpc) is 2.75. The number of hydrogen-bond acceptors (Lipinski definition) is 6. The number of rotatable bonds is 10. The van der Waals surface area contributed by atoms with Crippen LogP contribution in [0.2, 0.25) is 0 Å². The van der Waals surface area contributed by atoms with Crippen LogP contribution in [0.15, 0.2) is 42.5 Å². The summed E-state index contributed by atoms with van der Waals surface area (Å²) >= 11 is 0. The van der Waals surface area contributed by atoms with Gasteiger partial charge in [-0.1, -0.05) is 12.1 Å². The highest BCUT2D eigenvalue weighted by Gasteiger charge is 2.23. The molecule has 2 unspecified atom stereocenters. The molecular formula is C24H31FN2O4. The predicted octanol–water partition coefficient (Wildman–Crippen LogP) is 4.04. The van der Waals surface area contributed by atoms with E-state index >= 15 is 0 Å². The number of hydrogen-bond donors (Lipinski definition) is 1. The van der Waals surface area contributed by atoms with Gasteiger partial charge in [0.05, 0.1) is 18.8 Å². The van der Waals surface area contributed by atoms with Crippen molar-refractivity contribution in [2.75, 3.05) is 43.6 Å². The van der Waals surface area contributed by atoms with Gasteiger partial charge in [-0.15, -0.1) is 0 Å². The molecule has 0 aromatic heterocycles.